The number of nitrogens with one attached hydrogen (secondary N) is 1. The highest BCUT2D eigenvalue weighted by Gasteiger charge is 2.32. The Morgan fingerprint density at radius 1 is 1.03 bits per heavy atom. The molecule has 2 aliphatic heterocycles. The summed E-state index contributed by atoms with van der Waals surface area (Å²) in [5.74, 6) is 0. The van der Waals surface area contributed by atoms with Gasteiger partial charge in [0.2, 0.25) is 0 Å². The van der Waals surface area contributed by atoms with Crippen molar-refractivity contribution in [2.75, 3.05) is 45.6 Å². The lowest BCUT2D eigenvalue weighted by Crippen LogP contribution is -2.54. The molecule has 182 valence electrons. The maximum atomic E-state index is 13.4. The number of fused-ring (bicyclic) bond motifs is 1. The third-order valence-electron chi connectivity index (χ3n) is 5.40. The summed E-state index contributed by atoms with van der Waals surface area (Å²) in [6, 6.07) is 17.0. The van der Waals surface area contributed by atoms with Crippen molar-refractivity contribution >= 4 is 20.1 Å². The van der Waals surface area contributed by atoms with Gasteiger partial charge >= 0.3 is 0 Å². The molecule has 1 fully saturated rings. The predicted octanol–water partition coefficient (Wildman–Crippen LogP) is 1.71. The zero-order valence-electron chi connectivity index (χ0n) is 18.6. The Morgan fingerprint density at radius 2 is 1.64 bits per heavy atom. The molecule has 33 heavy (non-hydrogen) atoms. The van der Waals surface area contributed by atoms with Gasteiger partial charge in [0.1, 0.15) is 0 Å². The SMILES string of the molecule is CS(=O)(=O)O.O=S(=O)(c1ccccc1)N(CCC1OCCc2ccccc21)N1CCNCC1. The first-order chi connectivity index (χ1) is 15.7. The number of hydrogen-bond acceptors (Lipinski definition) is 7. The van der Waals surface area contributed by atoms with E-state index in [2.05, 4.69) is 17.4 Å². The number of piperazine rings is 1. The number of hydrogen-bond donors (Lipinski definition) is 2. The Labute approximate surface area is 196 Å². The summed E-state index contributed by atoms with van der Waals surface area (Å²) < 4.78 is 60.2. The van der Waals surface area contributed by atoms with Crippen molar-refractivity contribution in [3.05, 3.63) is 65.7 Å². The molecule has 11 heteroatoms. The van der Waals surface area contributed by atoms with E-state index in [4.69, 9.17) is 9.29 Å². The molecular weight excluding hydrogens is 466 g/mol. The maximum Gasteiger partial charge on any atom is 0.261 e. The molecule has 2 N–H and O–H groups in total. The molecule has 1 unspecified atom stereocenters. The van der Waals surface area contributed by atoms with Crippen LogP contribution in [0.3, 0.4) is 0 Å². The number of hydrazine groups is 1. The molecule has 2 aliphatic rings. The van der Waals surface area contributed by atoms with Crippen LogP contribution in [0, 0.1) is 0 Å². The van der Waals surface area contributed by atoms with Crippen LogP contribution >= 0.6 is 0 Å². The van der Waals surface area contributed by atoms with E-state index in [9.17, 15) is 16.8 Å². The minimum absolute atomic E-state index is 0.0682. The van der Waals surface area contributed by atoms with Crippen molar-refractivity contribution in [2.24, 2.45) is 0 Å². The summed E-state index contributed by atoms with van der Waals surface area (Å²) in [5, 5.41) is 5.24. The molecule has 0 saturated carbocycles. The third kappa shape index (κ3) is 7.57. The van der Waals surface area contributed by atoms with Gasteiger partial charge in [0.25, 0.3) is 20.1 Å². The highest BCUT2D eigenvalue weighted by Crippen LogP contribution is 2.30. The van der Waals surface area contributed by atoms with Gasteiger partial charge in [0.05, 0.1) is 23.9 Å². The molecule has 2 heterocycles. The van der Waals surface area contributed by atoms with Crippen LogP contribution in [0.4, 0.5) is 0 Å². The van der Waals surface area contributed by atoms with Crippen LogP contribution in [0.2, 0.25) is 0 Å². The first-order valence-corrected chi connectivity index (χ1v) is 14.1. The average molecular weight is 498 g/mol. The first-order valence-electron chi connectivity index (χ1n) is 10.8. The van der Waals surface area contributed by atoms with E-state index in [1.165, 1.54) is 11.1 Å². The average Bonchev–Trinajstić information content (AvgIpc) is 2.79. The van der Waals surface area contributed by atoms with Gasteiger partial charge in [0.15, 0.2) is 0 Å². The van der Waals surface area contributed by atoms with Gasteiger partial charge in [-0.25, -0.2) is 13.4 Å². The molecule has 9 nitrogen and oxygen atoms in total. The smallest absolute Gasteiger partial charge is 0.261 e. The molecule has 0 bridgehead atoms. The Bertz CT molecular complexity index is 1100. The van der Waals surface area contributed by atoms with E-state index >= 15 is 0 Å². The van der Waals surface area contributed by atoms with Crippen LogP contribution in [0.15, 0.2) is 59.5 Å². The Morgan fingerprint density at radius 3 is 2.30 bits per heavy atom. The minimum Gasteiger partial charge on any atom is -0.373 e. The van der Waals surface area contributed by atoms with Crippen LogP contribution in [0.5, 0.6) is 0 Å². The number of benzene rings is 2. The lowest BCUT2D eigenvalue weighted by atomic mass is 9.96. The van der Waals surface area contributed by atoms with Crippen LogP contribution in [0.1, 0.15) is 23.7 Å². The number of sulfonamides is 1. The summed E-state index contributed by atoms with van der Waals surface area (Å²) >= 11 is 0. The highest BCUT2D eigenvalue weighted by molar-refractivity contribution is 7.89. The van der Waals surface area contributed by atoms with E-state index in [0.717, 1.165) is 19.5 Å². The molecule has 0 aliphatic carbocycles. The third-order valence-corrected chi connectivity index (χ3v) is 7.24. The number of ether oxygens (including phenoxy) is 1. The molecule has 4 rings (SSSR count). The van der Waals surface area contributed by atoms with Crippen LogP contribution in [0.25, 0.3) is 0 Å². The monoisotopic (exact) mass is 497 g/mol. The molecule has 2 aromatic rings. The van der Waals surface area contributed by atoms with E-state index in [1.54, 1.807) is 28.7 Å². The van der Waals surface area contributed by atoms with Gasteiger partial charge < -0.3 is 10.1 Å². The van der Waals surface area contributed by atoms with Crippen molar-refractivity contribution in [3.63, 3.8) is 0 Å². The second-order valence-corrected chi connectivity index (χ2v) is 11.2. The Balaban J connectivity index is 0.000000555. The molecular formula is C22H31N3O6S2. The van der Waals surface area contributed by atoms with E-state index in [-0.39, 0.29) is 6.10 Å². The standard InChI is InChI=1S/C21H27N3O3S.CH4O3S/c25-28(26,19-7-2-1-3-8-19)24(23-15-12-22-13-16-23)14-10-21-20-9-5-4-6-18(20)11-17-27-21;1-5(2,3)4/h1-9,21-22H,10-17H2;1H3,(H,2,3,4). The highest BCUT2D eigenvalue weighted by atomic mass is 32.2. The van der Waals surface area contributed by atoms with Gasteiger partial charge in [0, 0.05) is 32.7 Å². The molecule has 0 amide bonds. The van der Waals surface area contributed by atoms with Gasteiger partial charge in [-0.05, 0) is 36.1 Å². The first kappa shape index (κ1) is 25.8. The normalized spacial score (nSPS) is 19.4. The molecule has 1 saturated heterocycles. The Hall–Kier alpha value is -1.86. The summed E-state index contributed by atoms with van der Waals surface area (Å²) in [5.41, 5.74) is 2.49. The van der Waals surface area contributed by atoms with Crippen molar-refractivity contribution < 1.29 is 26.1 Å². The van der Waals surface area contributed by atoms with E-state index in [1.807, 2.05) is 23.2 Å². The van der Waals surface area contributed by atoms with E-state index < -0.39 is 20.1 Å². The molecule has 0 radical (unpaired) electrons. The summed E-state index contributed by atoms with van der Waals surface area (Å²) in [6.07, 6.45) is 2.19. The van der Waals surface area contributed by atoms with Gasteiger partial charge in [-0.3, -0.25) is 4.55 Å². The van der Waals surface area contributed by atoms with Crippen molar-refractivity contribution in [3.8, 4) is 0 Å². The fourth-order valence-electron chi connectivity index (χ4n) is 3.95. The second-order valence-electron chi connectivity index (χ2n) is 7.90. The van der Waals surface area contributed by atoms with E-state index in [0.29, 0.717) is 43.8 Å². The van der Waals surface area contributed by atoms with Crippen molar-refractivity contribution in [2.45, 2.75) is 23.8 Å². The van der Waals surface area contributed by atoms with Crippen LogP contribution in [-0.4, -0.2) is 76.4 Å². The fraction of sp³-hybridized carbons (Fsp3) is 0.455. The van der Waals surface area contributed by atoms with Crippen molar-refractivity contribution in [1.29, 1.82) is 0 Å². The predicted molar refractivity (Wildman–Crippen MR) is 126 cm³/mol. The lowest BCUT2D eigenvalue weighted by molar-refractivity contribution is 0.00361. The topological polar surface area (TPSA) is 116 Å². The minimum atomic E-state index is -3.67. The quantitative estimate of drug-likeness (QED) is 0.580. The molecule has 2 aromatic carbocycles. The zero-order valence-corrected chi connectivity index (χ0v) is 20.3. The van der Waals surface area contributed by atoms with Crippen molar-refractivity contribution in [1.82, 2.24) is 14.7 Å². The summed E-state index contributed by atoms with van der Waals surface area (Å²) in [6.45, 7) is 3.99. The number of nitrogens with zero attached hydrogens (tertiary/aromatic N) is 2. The summed E-state index contributed by atoms with van der Waals surface area (Å²) in [4.78, 5) is 0.332. The maximum absolute atomic E-state index is 13.4. The van der Waals surface area contributed by atoms with Gasteiger partial charge in [-0.2, -0.15) is 8.42 Å². The largest absolute Gasteiger partial charge is 0.373 e. The molecule has 1 atom stereocenters. The molecule has 0 spiro atoms. The number of rotatable bonds is 6. The Kier molecular flexibility index (Phi) is 8.99. The van der Waals surface area contributed by atoms with Crippen LogP contribution < -0.4 is 5.32 Å². The molecule has 0 aromatic heterocycles. The van der Waals surface area contributed by atoms with Gasteiger partial charge in [-0.15, -0.1) is 4.41 Å². The zero-order chi connectivity index (χ0) is 23.9. The summed E-state index contributed by atoms with van der Waals surface area (Å²) in [7, 11) is -7.27. The fourth-order valence-corrected chi connectivity index (χ4v) is 5.50. The second kappa shape index (κ2) is 11.5. The van der Waals surface area contributed by atoms with Crippen LogP contribution in [-0.2, 0) is 31.3 Å². The van der Waals surface area contributed by atoms with Gasteiger partial charge in [-0.1, -0.05) is 42.5 Å². The lowest BCUT2D eigenvalue weighted by Gasteiger charge is -2.37.